The van der Waals surface area contributed by atoms with Gasteiger partial charge in [-0.2, -0.15) is 0 Å². The summed E-state index contributed by atoms with van der Waals surface area (Å²) in [6.07, 6.45) is 3.25. The van der Waals surface area contributed by atoms with Gasteiger partial charge in [-0.15, -0.1) is 4.83 Å². The van der Waals surface area contributed by atoms with Crippen molar-refractivity contribution in [3.63, 3.8) is 0 Å². The molecule has 0 aliphatic carbocycles. The third-order valence-corrected chi connectivity index (χ3v) is 4.46. The van der Waals surface area contributed by atoms with Crippen LogP contribution < -0.4 is 4.83 Å². The van der Waals surface area contributed by atoms with E-state index in [0.29, 0.717) is 4.90 Å². The summed E-state index contributed by atoms with van der Waals surface area (Å²) in [4.78, 5) is 2.98. The van der Waals surface area contributed by atoms with E-state index in [2.05, 4.69) is 4.83 Å². The average Bonchev–Trinajstić information content (AvgIpc) is 2.33. The number of hydrogen-bond acceptors (Lipinski definition) is 3. The van der Waals surface area contributed by atoms with Gasteiger partial charge in [0.15, 0.2) is 0 Å². The largest absolute Gasteiger partial charge is 0.253 e. The second kappa shape index (κ2) is 5.16. The summed E-state index contributed by atoms with van der Waals surface area (Å²) < 4.78 is 24.2. The molecule has 1 N–H and O–H groups in total. The van der Waals surface area contributed by atoms with Gasteiger partial charge in [0.25, 0.3) is 10.0 Å². The highest BCUT2D eigenvalue weighted by molar-refractivity contribution is 7.89. The van der Waals surface area contributed by atoms with Crippen LogP contribution in [0.15, 0.2) is 35.2 Å². The molecule has 4 nitrogen and oxygen atoms in total. The molecule has 1 aliphatic heterocycles. The number of sulfonamides is 1. The Labute approximate surface area is 103 Å². The average molecular weight is 254 g/mol. The summed E-state index contributed by atoms with van der Waals surface area (Å²) in [5, 5.41) is 1.83. The predicted octanol–water partition coefficient (Wildman–Crippen LogP) is 1.75. The van der Waals surface area contributed by atoms with Crippen molar-refractivity contribution in [1.82, 2.24) is 9.84 Å². The van der Waals surface area contributed by atoms with E-state index in [1.54, 1.807) is 24.3 Å². The number of nitrogens with one attached hydrogen (secondary N) is 1. The van der Waals surface area contributed by atoms with E-state index in [9.17, 15) is 8.42 Å². The number of hydrogen-bond donors (Lipinski definition) is 1. The molecule has 0 bridgehead atoms. The van der Waals surface area contributed by atoms with Gasteiger partial charge < -0.3 is 0 Å². The minimum absolute atomic E-state index is 0.266. The molecule has 1 heterocycles. The molecule has 1 aromatic carbocycles. The Morgan fingerprint density at radius 1 is 1.24 bits per heavy atom. The Balaban J connectivity index is 2.12. The smallest absolute Gasteiger partial charge is 0.228 e. The van der Waals surface area contributed by atoms with E-state index in [4.69, 9.17) is 0 Å². The van der Waals surface area contributed by atoms with Gasteiger partial charge >= 0.3 is 0 Å². The lowest BCUT2D eigenvalue weighted by atomic mass is 10.1. The van der Waals surface area contributed by atoms with E-state index in [-0.39, 0.29) is 6.04 Å². The second-order valence-corrected chi connectivity index (χ2v) is 6.11. The number of benzene rings is 1. The zero-order valence-corrected chi connectivity index (χ0v) is 10.8. The highest BCUT2D eigenvalue weighted by atomic mass is 32.2. The first-order valence-electron chi connectivity index (χ1n) is 5.94. The van der Waals surface area contributed by atoms with Gasteiger partial charge in [0, 0.05) is 12.6 Å². The summed E-state index contributed by atoms with van der Waals surface area (Å²) in [5.74, 6) is 0. The number of hydrazine groups is 1. The zero-order valence-electron chi connectivity index (χ0n) is 9.96. The van der Waals surface area contributed by atoms with Gasteiger partial charge in [0.05, 0.1) is 4.90 Å². The first-order chi connectivity index (χ1) is 8.09. The molecule has 2 rings (SSSR count). The fourth-order valence-corrected chi connectivity index (χ4v) is 3.24. The first-order valence-corrected chi connectivity index (χ1v) is 7.42. The van der Waals surface area contributed by atoms with Crippen molar-refractivity contribution in [3.05, 3.63) is 30.3 Å². The molecule has 1 aromatic rings. The third kappa shape index (κ3) is 3.06. The fourth-order valence-electron chi connectivity index (χ4n) is 2.04. The molecule has 94 valence electrons. The quantitative estimate of drug-likeness (QED) is 0.894. The molecule has 17 heavy (non-hydrogen) atoms. The Hall–Kier alpha value is -0.910. The van der Waals surface area contributed by atoms with Crippen LogP contribution in [0, 0.1) is 0 Å². The Morgan fingerprint density at radius 3 is 2.59 bits per heavy atom. The normalized spacial score (nSPS) is 22.5. The van der Waals surface area contributed by atoms with Gasteiger partial charge in [-0.1, -0.05) is 24.6 Å². The Bertz CT molecular complexity index is 459. The third-order valence-electron chi connectivity index (χ3n) is 3.09. The van der Waals surface area contributed by atoms with Crippen molar-refractivity contribution in [3.8, 4) is 0 Å². The van der Waals surface area contributed by atoms with E-state index >= 15 is 0 Å². The van der Waals surface area contributed by atoms with Gasteiger partial charge in [-0.25, -0.2) is 13.4 Å². The van der Waals surface area contributed by atoms with Crippen LogP contribution >= 0.6 is 0 Å². The lowest BCUT2D eigenvalue weighted by Crippen LogP contribution is -2.49. The SMILES string of the molecule is CC1CCCCN1NS(=O)(=O)c1ccccc1. The molecule has 0 aromatic heterocycles. The maximum atomic E-state index is 12.1. The van der Waals surface area contributed by atoms with E-state index in [1.165, 1.54) is 6.42 Å². The molecule has 5 heteroatoms. The summed E-state index contributed by atoms with van der Waals surface area (Å²) in [5.41, 5.74) is 0. The standard InChI is InChI=1S/C12H18N2O2S/c1-11-7-5-6-10-14(11)13-17(15,16)12-8-3-2-4-9-12/h2-4,8-9,11,13H,5-7,10H2,1H3. The molecular formula is C12H18N2O2S. The van der Waals surface area contributed by atoms with Crippen LogP contribution in [0.1, 0.15) is 26.2 Å². The zero-order chi connectivity index (χ0) is 12.3. The highest BCUT2D eigenvalue weighted by Gasteiger charge is 2.23. The van der Waals surface area contributed by atoms with Crippen molar-refractivity contribution in [1.29, 1.82) is 0 Å². The van der Waals surface area contributed by atoms with Gasteiger partial charge in [-0.05, 0) is 31.9 Å². The molecule has 0 spiro atoms. The highest BCUT2D eigenvalue weighted by Crippen LogP contribution is 2.16. The van der Waals surface area contributed by atoms with Crippen molar-refractivity contribution >= 4 is 10.0 Å². The van der Waals surface area contributed by atoms with Gasteiger partial charge in [0.1, 0.15) is 0 Å². The lowest BCUT2D eigenvalue weighted by Gasteiger charge is -2.32. The predicted molar refractivity (Wildman–Crippen MR) is 66.8 cm³/mol. The van der Waals surface area contributed by atoms with Crippen molar-refractivity contribution in [2.45, 2.75) is 37.1 Å². The first kappa shape index (κ1) is 12.5. The summed E-state index contributed by atoms with van der Waals surface area (Å²) >= 11 is 0. The summed E-state index contributed by atoms with van der Waals surface area (Å²) in [6.45, 7) is 2.83. The van der Waals surface area contributed by atoms with Crippen LogP contribution in [0.4, 0.5) is 0 Å². The molecular weight excluding hydrogens is 236 g/mol. The number of piperidine rings is 1. The monoisotopic (exact) mass is 254 g/mol. The molecule has 0 saturated carbocycles. The van der Waals surface area contributed by atoms with Crippen molar-refractivity contribution in [2.75, 3.05) is 6.54 Å². The van der Waals surface area contributed by atoms with Crippen LogP contribution in [-0.2, 0) is 10.0 Å². The minimum Gasteiger partial charge on any atom is -0.228 e. The molecule has 1 saturated heterocycles. The minimum atomic E-state index is -3.42. The lowest BCUT2D eigenvalue weighted by molar-refractivity contribution is 0.134. The van der Waals surface area contributed by atoms with Crippen LogP contribution in [0.2, 0.25) is 0 Å². The van der Waals surface area contributed by atoms with Gasteiger partial charge in [0.2, 0.25) is 0 Å². The molecule has 0 radical (unpaired) electrons. The molecule has 1 atom stereocenters. The van der Waals surface area contributed by atoms with Crippen LogP contribution in [0.5, 0.6) is 0 Å². The molecule has 1 unspecified atom stereocenters. The molecule has 1 aliphatic rings. The Kier molecular flexibility index (Phi) is 3.81. The van der Waals surface area contributed by atoms with Crippen LogP contribution in [0.25, 0.3) is 0 Å². The van der Waals surface area contributed by atoms with E-state index in [1.807, 2.05) is 18.0 Å². The maximum absolute atomic E-state index is 12.1. The maximum Gasteiger partial charge on any atom is 0.253 e. The molecule has 1 fully saturated rings. The van der Waals surface area contributed by atoms with Crippen molar-refractivity contribution in [2.24, 2.45) is 0 Å². The van der Waals surface area contributed by atoms with Crippen LogP contribution in [-0.4, -0.2) is 26.0 Å². The van der Waals surface area contributed by atoms with Gasteiger partial charge in [-0.3, -0.25) is 0 Å². The second-order valence-electron chi connectivity index (χ2n) is 4.45. The topological polar surface area (TPSA) is 49.4 Å². The van der Waals surface area contributed by atoms with E-state index in [0.717, 1.165) is 19.4 Å². The molecule has 0 amide bonds. The summed E-state index contributed by atoms with van der Waals surface area (Å²) in [7, 11) is -3.42. The fraction of sp³-hybridized carbons (Fsp3) is 0.500. The van der Waals surface area contributed by atoms with Crippen LogP contribution in [0.3, 0.4) is 0 Å². The number of rotatable bonds is 3. The van der Waals surface area contributed by atoms with Crippen molar-refractivity contribution < 1.29 is 8.42 Å². The summed E-state index contributed by atoms with van der Waals surface area (Å²) in [6, 6.07) is 8.75. The van der Waals surface area contributed by atoms with E-state index < -0.39 is 10.0 Å². The Morgan fingerprint density at radius 2 is 1.94 bits per heavy atom. The number of nitrogens with zero attached hydrogens (tertiary/aromatic N) is 1.